The van der Waals surface area contributed by atoms with Gasteiger partial charge in [0, 0.05) is 22.1 Å². The maximum atomic E-state index is 15.2. The first-order valence-electron chi connectivity index (χ1n) is 18.3. The fraction of sp³-hybridized carbons (Fsp3) is 0.178. The molecular weight excluding hydrogens is 733 g/mol. The van der Waals surface area contributed by atoms with Crippen LogP contribution in [0.5, 0.6) is 5.75 Å². The number of benzene rings is 5. The topological polar surface area (TPSA) is 124 Å². The molecule has 3 fully saturated rings. The Morgan fingerprint density at radius 2 is 1.46 bits per heavy atom. The Kier molecular flexibility index (Phi) is 8.46. The number of carbonyl (C=O) groups is 5. The number of phenols is 1. The molecule has 278 valence electrons. The lowest BCUT2D eigenvalue weighted by Crippen LogP contribution is -2.53. The molecule has 5 aromatic rings. The van der Waals surface area contributed by atoms with Crippen molar-refractivity contribution in [1.82, 2.24) is 5.01 Å². The summed E-state index contributed by atoms with van der Waals surface area (Å²) in [6.45, 7) is 0. The Bertz CT molecular complexity index is 2470. The summed E-state index contributed by atoms with van der Waals surface area (Å²) >= 11 is 6.36. The van der Waals surface area contributed by atoms with Crippen LogP contribution in [0.15, 0.2) is 139 Å². The molecule has 5 aromatic carbocycles. The average Bonchev–Trinajstić information content (AvgIpc) is 3.59. The number of nitrogens with zero attached hydrogens (tertiary/aromatic N) is 2. The Hall–Kier alpha value is -6.39. The van der Waals surface area contributed by atoms with Crippen LogP contribution in [-0.2, 0) is 24.6 Å². The van der Waals surface area contributed by atoms with E-state index in [2.05, 4.69) is 5.43 Å². The molecule has 11 heteroatoms. The lowest BCUT2D eigenvalue weighted by atomic mass is 9.49. The Morgan fingerprint density at radius 1 is 0.768 bits per heavy atom. The number of fused-ring (bicyclic) bond motifs is 4. The Balaban J connectivity index is 1.15. The zero-order chi connectivity index (χ0) is 38.9. The van der Waals surface area contributed by atoms with Gasteiger partial charge in [0.2, 0.25) is 11.8 Å². The van der Waals surface area contributed by atoms with Crippen molar-refractivity contribution in [3.63, 3.8) is 0 Å². The summed E-state index contributed by atoms with van der Waals surface area (Å²) in [5, 5.41) is 12.2. The van der Waals surface area contributed by atoms with E-state index in [1.165, 1.54) is 35.2 Å². The molecule has 0 aromatic heterocycles. The molecule has 1 saturated carbocycles. The van der Waals surface area contributed by atoms with Gasteiger partial charge in [-0.1, -0.05) is 77.8 Å². The molecule has 2 saturated heterocycles. The van der Waals surface area contributed by atoms with E-state index in [1.54, 1.807) is 91.0 Å². The van der Waals surface area contributed by atoms with Crippen LogP contribution in [0.2, 0.25) is 5.02 Å². The van der Waals surface area contributed by atoms with E-state index in [4.69, 9.17) is 11.6 Å². The molecule has 0 radical (unpaired) electrons. The predicted molar refractivity (Wildman–Crippen MR) is 206 cm³/mol. The number of anilines is 2. The summed E-state index contributed by atoms with van der Waals surface area (Å²) in [7, 11) is 0. The molecule has 56 heavy (non-hydrogen) atoms. The van der Waals surface area contributed by atoms with E-state index in [0.29, 0.717) is 38.7 Å². The van der Waals surface area contributed by atoms with E-state index >= 15 is 4.79 Å². The molecule has 0 unspecified atom stereocenters. The van der Waals surface area contributed by atoms with Crippen LogP contribution < -0.4 is 10.3 Å². The summed E-state index contributed by atoms with van der Waals surface area (Å²) in [5.41, 5.74) is 4.72. The van der Waals surface area contributed by atoms with Crippen molar-refractivity contribution in [3.8, 4) is 5.75 Å². The Morgan fingerprint density at radius 3 is 2.16 bits per heavy atom. The van der Waals surface area contributed by atoms with Gasteiger partial charge in [-0.25, -0.2) is 4.39 Å². The number of carbonyl (C=O) groups excluding carboxylic acids is 5. The number of phenolic OH excluding ortho intramolecular Hbond substituents is 1. The molecular formula is C45H33ClFN3O6. The number of rotatable bonds is 7. The standard InChI is InChI=1S/C45H33ClFN3O6/c46-29-13-11-28(12-14-29)45-37(42(54)50(44(45)56)48-31-17-15-30(47)16-18-31)24-36-34(39(45)27-7-4-8-33(51)23-27)21-22-35-38(36)43(55)49(41(35)53)32-19-9-26(10-20-32)40(52)25-5-2-1-3-6-25/h1-21,23,35-39,48,51H,22,24H2/t35-,36+,37-,38-,39-,45+/m0/s1. The highest BCUT2D eigenvalue weighted by molar-refractivity contribution is 6.30. The minimum absolute atomic E-state index is 0.0488. The van der Waals surface area contributed by atoms with E-state index in [0.717, 1.165) is 10.6 Å². The summed E-state index contributed by atoms with van der Waals surface area (Å²) in [6.07, 6.45) is 2.20. The lowest BCUT2D eigenvalue weighted by Gasteiger charge is -2.50. The van der Waals surface area contributed by atoms with Crippen molar-refractivity contribution >= 4 is 52.4 Å². The third-order valence-corrected chi connectivity index (χ3v) is 12.1. The summed E-state index contributed by atoms with van der Waals surface area (Å²) < 4.78 is 13.9. The average molecular weight is 766 g/mol. The van der Waals surface area contributed by atoms with Crippen molar-refractivity contribution in [1.29, 1.82) is 0 Å². The number of allylic oxidation sites excluding steroid dienone is 2. The monoisotopic (exact) mass is 765 g/mol. The summed E-state index contributed by atoms with van der Waals surface area (Å²) in [6, 6.07) is 33.8. The second-order valence-corrected chi connectivity index (χ2v) is 15.2. The van der Waals surface area contributed by atoms with Crippen LogP contribution >= 0.6 is 11.6 Å². The first-order chi connectivity index (χ1) is 27.1. The van der Waals surface area contributed by atoms with E-state index in [1.807, 2.05) is 12.1 Å². The maximum absolute atomic E-state index is 15.2. The molecule has 9 nitrogen and oxygen atoms in total. The van der Waals surface area contributed by atoms with E-state index in [-0.39, 0.29) is 30.3 Å². The predicted octanol–water partition coefficient (Wildman–Crippen LogP) is 7.61. The van der Waals surface area contributed by atoms with Gasteiger partial charge >= 0.3 is 0 Å². The molecule has 2 heterocycles. The van der Waals surface area contributed by atoms with Gasteiger partial charge in [0.15, 0.2) is 5.78 Å². The van der Waals surface area contributed by atoms with Crippen LogP contribution in [0.25, 0.3) is 0 Å². The second-order valence-electron chi connectivity index (χ2n) is 14.7. The number of hydrogen-bond acceptors (Lipinski definition) is 7. The molecule has 9 rings (SSSR count). The maximum Gasteiger partial charge on any atom is 0.260 e. The number of amides is 4. The highest BCUT2D eigenvalue weighted by Gasteiger charge is 2.70. The molecule has 4 amide bonds. The first-order valence-corrected chi connectivity index (χ1v) is 18.7. The quantitative estimate of drug-likeness (QED) is 0.0994. The van der Waals surface area contributed by atoms with Gasteiger partial charge < -0.3 is 5.11 Å². The summed E-state index contributed by atoms with van der Waals surface area (Å²) in [5.74, 6) is -6.73. The first kappa shape index (κ1) is 35.3. The normalized spacial score (nSPS) is 25.4. The zero-order valence-corrected chi connectivity index (χ0v) is 30.4. The molecule has 2 aliphatic heterocycles. The van der Waals surface area contributed by atoms with Gasteiger partial charge in [-0.05, 0) is 103 Å². The third-order valence-electron chi connectivity index (χ3n) is 11.9. The van der Waals surface area contributed by atoms with Crippen LogP contribution in [0.1, 0.15) is 45.8 Å². The largest absolute Gasteiger partial charge is 0.508 e. The SMILES string of the molecule is O=C(c1ccccc1)c1ccc(N2C(=O)[C@H]3[C@H](CC=C4[C@H]3C[C@H]3C(=O)N(Nc5ccc(F)cc5)C(=O)[C@@]3(c3ccc(Cl)cc3)[C@H]4c3cccc(O)c3)C2=O)cc1. The minimum atomic E-state index is -1.57. The number of nitrogens with one attached hydrogen (secondary N) is 1. The summed E-state index contributed by atoms with van der Waals surface area (Å²) in [4.78, 5) is 73.1. The van der Waals surface area contributed by atoms with Crippen molar-refractivity contribution < 1.29 is 33.5 Å². The number of ketones is 1. The van der Waals surface area contributed by atoms with Crippen molar-refractivity contribution in [2.24, 2.45) is 23.7 Å². The Labute approximate surface area is 326 Å². The van der Waals surface area contributed by atoms with Gasteiger partial charge in [-0.15, -0.1) is 0 Å². The fourth-order valence-electron chi connectivity index (χ4n) is 9.51. The van der Waals surface area contributed by atoms with Gasteiger partial charge in [-0.3, -0.25) is 34.3 Å². The van der Waals surface area contributed by atoms with Crippen LogP contribution in [0, 0.1) is 29.5 Å². The van der Waals surface area contributed by atoms with Crippen molar-refractivity contribution in [3.05, 3.63) is 172 Å². The number of hydrogen-bond donors (Lipinski definition) is 2. The van der Waals surface area contributed by atoms with Gasteiger partial charge in [0.25, 0.3) is 11.8 Å². The second kappa shape index (κ2) is 13.4. The number of aromatic hydroxyl groups is 1. The molecule has 0 bridgehead atoms. The third kappa shape index (κ3) is 5.38. The smallest absolute Gasteiger partial charge is 0.260 e. The van der Waals surface area contributed by atoms with Crippen molar-refractivity contribution in [2.75, 3.05) is 10.3 Å². The number of halogens is 2. The zero-order valence-electron chi connectivity index (χ0n) is 29.6. The van der Waals surface area contributed by atoms with Gasteiger partial charge in [0.05, 0.1) is 34.5 Å². The highest BCUT2D eigenvalue weighted by Crippen LogP contribution is 2.64. The van der Waals surface area contributed by atoms with E-state index in [9.17, 15) is 28.7 Å². The number of hydrazine groups is 1. The molecule has 2 N–H and O–H groups in total. The fourth-order valence-corrected chi connectivity index (χ4v) is 9.63. The van der Waals surface area contributed by atoms with Crippen LogP contribution in [0.4, 0.5) is 15.8 Å². The highest BCUT2D eigenvalue weighted by atomic mass is 35.5. The minimum Gasteiger partial charge on any atom is -0.508 e. The van der Waals surface area contributed by atoms with Crippen LogP contribution in [-0.4, -0.2) is 39.5 Å². The van der Waals surface area contributed by atoms with E-state index < -0.39 is 58.5 Å². The molecule has 4 aliphatic rings. The lowest BCUT2D eigenvalue weighted by molar-refractivity contribution is -0.138. The molecule has 0 spiro atoms. The van der Waals surface area contributed by atoms with Crippen LogP contribution in [0.3, 0.4) is 0 Å². The molecule has 6 atom stereocenters. The molecule has 2 aliphatic carbocycles. The van der Waals surface area contributed by atoms with Gasteiger partial charge in [0.1, 0.15) is 11.6 Å². The van der Waals surface area contributed by atoms with Gasteiger partial charge in [-0.2, -0.15) is 5.01 Å². The number of imide groups is 2. The van der Waals surface area contributed by atoms with Crippen molar-refractivity contribution in [2.45, 2.75) is 24.2 Å².